The first-order valence-electron chi connectivity index (χ1n) is 8.51. The van der Waals surface area contributed by atoms with Crippen molar-refractivity contribution < 1.29 is 4.79 Å². The number of nitrogens with zero attached hydrogens (tertiary/aromatic N) is 3. The summed E-state index contributed by atoms with van der Waals surface area (Å²) in [6.07, 6.45) is 5.54. The van der Waals surface area contributed by atoms with E-state index in [1.807, 2.05) is 47.4 Å². The van der Waals surface area contributed by atoms with Gasteiger partial charge in [0.1, 0.15) is 0 Å². The highest BCUT2D eigenvalue weighted by molar-refractivity contribution is 7.10. The van der Waals surface area contributed by atoms with Gasteiger partial charge in [-0.25, -0.2) is 4.98 Å². The molecular formula is C20H19N3OS. The van der Waals surface area contributed by atoms with E-state index in [0.29, 0.717) is 5.92 Å². The molecule has 0 unspecified atom stereocenters. The van der Waals surface area contributed by atoms with Gasteiger partial charge in [0.15, 0.2) is 0 Å². The van der Waals surface area contributed by atoms with Gasteiger partial charge in [-0.05, 0) is 37.1 Å². The van der Waals surface area contributed by atoms with Crippen LogP contribution in [0.2, 0.25) is 0 Å². The minimum absolute atomic E-state index is 0.135. The lowest BCUT2D eigenvalue weighted by molar-refractivity contribution is 0.0713. The molecule has 1 aliphatic heterocycles. The van der Waals surface area contributed by atoms with Crippen molar-refractivity contribution in [1.82, 2.24) is 14.9 Å². The molecule has 1 amide bonds. The molecule has 4 rings (SSSR count). The zero-order chi connectivity index (χ0) is 17.1. The zero-order valence-electron chi connectivity index (χ0n) is 13.8. The molecule has 5 heteroatoms. The Balaban J connectivity index is 1.41. The molecule has 0 spiro atoms. The van der Waals surface area contributed by atoms with Crippen molar-refractivity contribution in [2.75, 3.05) is 13.1 Å². The number of hydrogen-bond acceptors (Lipinski definition) is 4. The fourth-order valence-electron chi connectivity index (χ4n) is 3.22. The van der Waals surface area contributed by atoms with Gasteiger partial charge in [-0.3, -0.25) is 9.78 Å². The number of carbonyl (C=O) groups is 1. The van der Waals surface area contributed by atoms with Gasteiger partial charge >= 0.3 is 0 Å². The maximum Gasteiger partial charge on any atom is 0.253 e. The first kappa shape index (κ1) is 16.0. The van der Waals surface area contributed by atoms with Crippen LogP contribution < -0.4 is 0 Å². The number of aromatic nitrogens is 2. The molecule has 1 fully saturated rings. The number of carbonyl (C=O) groups excluding carboxylic acids is 1. The molecule has 1 aromatic carbocycles. The topological polar surface area (TPSA) is 46.1 Å². The van der Waals surface area contributed by atoms with E-state index in [9.17, 15) is 4.79 Å². The molecule has 0 radical (unpaired) electrons. The molecule has 0 aliphatic carbocycles. The molecule has 126 valence electrons. The summed E-state index contributed by atoms with van der Waals surface area (Å²) in [5.74, 6) is 0.580. The van der Waals surface area contributed by atoms with Gasteiger partial charge in [0.05, 0.1) is 10.7 Å². The smallest absolute Gasteiger partial charge is 0.253 e. The summed E-state index contributed by atoms with van der Waals surface area (Å²) >= 11 is 1.72. The number of rotatable bonds is 3. The number of benzene rings is 1. The highest BCUT2D eigenvalue weighted by Gasteiger charge is 2.26. The van der Waals surface area contributed by atoms with Crippen LogP contribution in [0.15, 0.2) is 60.2 Å². The van der Waals surface area contributed by atoms with E-state index >= 15 is 0 Å². The molecule has 0 bridgehead atoms. The molecule has 4 nitrogen and oxygen atoms in total. The second-order valence-corrected chi connectivity index (χ2v) is 7.13. The third-order valence-corrected chi connectivity index (χ3v) is 5.66. The Bertz CT molecular complexity index is 840. The van der Waals surface area contributed by atoms with Crippen LogP contribution in [0.5, 0.6) is 0 Å². The van der Waals surface area contributed by atoms with Gasteiger partial charge in [-0.2, -0.15) is 0 Å². The van der Waals surface area contributed by atoms with Crippen LogP contribution in [0.1, 0.15) is 34.1 Å². The molecule has 0 saturated carbocycles. The van der Waals surface area contributed by atoms with Gasteiger partial charge in [-0.15, -0.1) is 11.3 Å². The fourth-order valence-corrected chi connectivity index (χ4v) is 4.22. The molecular weight excluding hydrogens is 330 g/mol. The number of piperidine rings is 1. The van der Waals surface area contributed by atoms with Gasteiger partial charge < -0.3 is 4.90 Å². The number of pyridine rings is 1. The Morgan fingerprint density at radius 3 is 2.48 bits per heavy atom. The predicted octanol–water partition coefficient (Wildman–Crippen LogP) is 4.22. The van der Waals surface area contributed by atoms with Crippen molar-refractivity contribution in [1.29, 1.82) is 0 Å². The Labute approximate surface area is 151 Å². The first-order chi connectivity index (χ1) is 12.3. The van der Waals surface area contributed by atoms with Crippen molar-refractivity contribution in [3.63, 3.8) is 0 Å². The lowest BCUT2D eigenvalue weighted by atomic mass is 9.97. The average Bonchev–Trinajstić information content (AvgIpc) is 3.19. The normalized spacial score (nSPS) is 15.3. The van der Waals surface area contributed by atoms with Crippen LogP contribution in [-0.2, 0) is 0 Å². The van der Waals surface area contributed by atoms with Crippen LogP contribution in [0.25, 0.3) is 11.3 Å². The molecule has 25 heavy (non-hydrogen) atoms. The Morgan fingerprint density at radius 1 is 1.04 bits per heavy atom. The fraction of sp³-hybridized carbons (Fsp3) is 0.250. The van der Waals surface area contributed by atoms with Crippen LogP contribution in [-0.4, -0.2) is 33.9 Å². The summed E-state index contributed by atoms with van der Waals surface area (Å²) in [6, 6.07) is 13.5. The van der Waals surface area contributed by atoms with Gasteiger partial charge in [0.2, 0.25) is 0 Å². The lowest BCUT2D eigenvalue weighted by Crippen LogP contribution is -2.37. The van der Waals surface area contributed by atoms with Gasteiger partial charge in [0.25, 0.3) is 5.91 Å². The van der Waals surface area contributed by atoms with Gasteiger partial charge in [-0.1, -0.05) is 18.2 Å². The summed E-state index contributed by atoms with van der Waals surface area (Å²) in [5.41, 5.74) is 2.90. The van der Waals surface area contributed by atoms with Crippen molar-refractivity contribution in [2.24, 2.45) is 0 Å². The number of amides is 1. The van der Waals surface area contributed by atoms with Crippen molar-refractivity contribution >= 4 is 17.2 Å². The van der Waals surface area contributed by atoms with Crippen molar-refractivity contribution in [3.8, 4) is 11.3 Å². The largest absolute Gasteiger partial charge is 0.339 e. The summed E-state index contributed by atoms with van der Waals surface area (Å²) < 4.78 is 0. The molecule has 2 aromatic heterocycles. The summed E-state index contributed by atoms with van der Waals surface area (Å²) in [7, 11) is 0. The average molecular weight is 349 g/mol. The third kappa shape index (κ3) is 3.46. The minimum Gasteiger partial charge on any atom is -0.339 e. The maximum atomic E-state index is 12.5. The SMILES string of the molecule is O=C(c1ccccc1)N1CCC(c2nc(-c3ccncc3)cs2)CC1. The third-order valence-electron chi connectivity index (χ3n) is 4.65. The number of likely N-dealkylation sites (tertiary alicyclic amines) is 1. The monoisotopic (exact) mass is 349 g/mol. The molecule has 0 atom stereocenters. The number of thiazole rings is 1. The first-order valence-corrected chi connectivity index (χ1v) is 9.39. The summed E-state index contributed by atoms with van der Waals surface area (Å²) in [5, 5.41) is 3.30. The van der Waals surface area contributed by atoms with E-state index in [-0.39, 0.29) is 5.91 Å². The second-order valence-electron chi connectivity index (χ2n) is 6.24. The zero-order valence-corrected chi connectivity index (χ0v) is 14.7. The van der Waals surface area contributed by atoms with E-state index < -0.39 is 0 Å². The highest BCUT2D eigenvalue weighted by Crippen LogP contribution is 2.33. The highest BCUT2D eigenvalue weighted by atomic mass is 32.1. The molecule has 1 saturated heterocycles. The standard InChI is InChI=1S/C20H19N3OS/c24-20(17-4-2-1-3-5-17)23-12-8-16(9-13-23)19-22-18(14-25-19)15-6-10-21-11-7-15/h1-7,10-11,14,16H,8-9,12-13H2. The summed E-state index contributed by atoms with van der Waals surface area (Å²) in [4.78, 5) is 23.4. The van der Waals surface area contributed by atoms with Crippen molar-refractivity contribution in [3.05, 3.63) is 70.8 Å². The summed E-state index contributed by atoms with van der Waals surface area (Å²) in [6.45, 7) is 1.59. The van der Waals surface area contributed by atoms with E-state index in [1.165, 1.54) is 5.01 Å². The predicted molar refractivity (Wildman–Crippen MR) is 99.7 cm³/mol. The van der Waals surface area contributed by atoms with Crippen LogP contribution in [0.4, 0.5) is 0 Å². The van der Waals surface area contributed by atoms with Crippen LogP contribution in [0.3, 0.4) is 0 Å². The van der Waals surface area contributed by atoms with Crippen LogP contribution >= 0.6 is 11.3 Å². The van der Waals surface area contributed by atoms with Crippen LogP contribution in [0, 0.1) is 0 Å². The number of hydrogen-bond donors (Lipinski definition) is 0. The van der Waals surface area contributed by atoms with E-state index in [4.69, 9.17) is 4.98 Å². The Kier molecular flexibility index (Phi) is 4.57. The molecule has 0 N–H and O–H groups in total. The molecule has 1 aliphatic rings. The quantitative estimate of drug-likeness (QED) is 0.711. The maximum absolute atomic E-state index is 12.5. The van der Waals surface area contributed by atoms with Gasteiger partial charge in [0, 0.05) is 47.9 Å². The molecule has 3 heterocycles. The molecule has 3 aromatic rings. The van der Waals surface area contributed by atoms with E-state index in [1.54, 1.807) is 23.7 Å². The van der Waals surface area contributed by atoms with Crippen molar-refractivity contribution in [2.45, 2.75) is 18.8 Å². The Hall–Kier alpha value is -2.53. The minimum atomic E-state index is 0.135. The Morgan fingerprint density at radius 2 is 1.76 bits per heavy atom. The second kappa shape index (κ2) is 7.15. The van der Waals surface area contributed by atoms with E-state index in [2.05, 4.69) is 10.4 Å². The lowest BCUT2D eigenvalue weighted by Gasteiger charge is -2.31. The van der Waals surface area contributed by atoms with E-state index in [0.717, 1.165) is 42.8 Å².